The molecule has 1 unspecified atom stereocenters. The van der Waals surface area contributed by atoms with Gasteiger partial charge in [0.25, 0.3) is 0 Å². The van der Waals surface area contributed by atoms with E-state index in [0.29, 0.717) is 12.1 Å². The van der Waals surface area contributed by atoms with Gasteiger partial charge in [0.2, 0.25) is 0 Å². The highest BCUT2D eigenvalue weighted by molar-refractivity contribution is 5.29. The zero-order valence-electron chi connectivity index (χ0n) is 13.6. The number of nitrogens with zero attached hydrogens (tertiary/aromatic N) is 1. The summed E-state index contributed by atoms with van der Waals surface area (Å²) in [5, 5.41) is 3.67. The molecule has 1 aliphatic rings. The summed E-state index contributed by atoms with van der Waals surface area (Å²) < 4.78 is 0. The van der Waals surface area contributed by atoms with Crippen LogP contribution < -0.4 is 5.32 Å². The molecule has 0 aliphatic carbocycles. The summed E-state index contributed by atoms with van der Waals surface area (Å²) in [5.74, 6) is 0. The van der Waals surface area contributed by atoms with E-state index in [-0.39, 0.29) is 0 Å². The molecule has 1 N–H and O–H groups in total. The Morgan fingerprint density at radius 3 is 2.60 bits per heavy atom. The van der Waals surface area contributed by atoms with Gasteiger partial charge >= 0.3 is 0 Å². The summed E-state index contributed by atoms with van der Waals surface area (Å²) in [7, 11) is 0. The molecule has 1 atom stereocenters. The fourth-order valence-electron chi connectivity index (χ4n) is 2.96. The van der Waals surface area contributed by atoms with E-state index >= 15 is 0 Å². The molecule has 1 aliphatic heterocycles. The van der Waals surface area contributed by atoms with Crippen molar-refractivity contribution in [3.8, 4) is 0 Å². The Kier molecular flexibility index (Phi) is 5.62. The van der Waals surface area contributed by atoms with Crippen LogP contribution in [0.4, 0.5) is 0 Å². The summed E-state index contributed by atoms with van der Waals surface area (Å²) in [6.07, 6.45) is 4.05. The van der Waals surface area contributed by atoms with Gasteiger partial charge < -0.3 is 5.32 Å². The van der Waals surface area contributed by atoms with Crippen LogP contribution in [-0.4, -0.2) is 30.1 Å². The predicted molar refractivity (Wildman–Crippen MR) is 87.1 cm³/mol. The Morgan fingerprint density at radius 1 is 1.20 bits per heavy atom. The highest BCUT2D eigenvalue weighted by Gasteiger charge is 2.18. The molecular weight excluding hydrogens is 244 g/mol. The average molecular weight is 274 g/mol. The van der Waals surface area contributed by atoms with Gasteiger partial charge in [0.1, 0.15) is 0 Å². The van der Waals surface area contributed by atoms with Gasteiger partial charge in [-0.25, -0.2) is 0 Å². The first-order chi connectivity index (χ1) is 9.56. The van der Waals surface area contributed by atoms with Crippen LogP contribution in [0.2, 0.25) is 0 Å². The topological polar surface area (TPSA) is 15.3 Å². The zero-order valence-corrected chi connectivity index (χ0v) is 13.6. The number of piperidine rings is 1. The molecule has 112 valence electrons. The normalized spacial score (nSPS) is 19.8. The van der Waals surface area contributed by atoms with Crippen molar-refractivity contribution in [1.82, 2.24) is 10.2 Å². The number of benzene rings is 1. The van der Waals surface area contributed by atoms with Crippen LogP contribution in [-0.2, 0) is 6.54 Å². The number of rotatable bonds is 5. The molecule has 20 heavy (non-hydrogen) atoms. The van der Waals surface area contributed by atoms with Crippen molar-refractivity contribution in [3.63, 3.8) is 0 Å². The van der Waals surface area contributed by atoms with Crippen molar-refractivity contribution in [1.29, 1.82) is 0 Å². The van der Waals surface area contributed by atoms with Crippen LogP contribution in [0.5, 0.6) is 0 Å². The molecule has 0 aromatic heterocycles. The van der Waals surface area contributed by atoms with Gasteiger partial charge in [-0.05, 0) is 63.8 Å². The highest BCUT2D eigenvalue weighted by Crippen LogP contribution is 2.16. The van der Waals surface area contributed by atoms with Crippen LogP contribution in [0.25, 0.3) is 0 Å². The Hall–Kier alpha value is -0.860. The average Bonchev–Trinajstić information content (AvgIpc) is 2.43. The van der Waals surface area contributed by atoms with E-state index in [1.165, 1.54) is 49.0 Å². The smallest absolute Gasteiger partial charge is 0.0237 e. The van der Waals surface area contributed by atoms with Gasteiger partial charge in [-0.3, -0.25) is 4.90 Å². The van der Waals surface area contributed by atoms with Gasteiger partial charge in [0.05, 0.1) is 0 Å². The molecule has 0 amide bonds. The minimum atomic E-state index is 0.598. The number of hydrogen-bond donors (Lipinski definition) is 1. The van der Waals surface area contributed by atoms with Crippen LogP contribution in [0.15, 0.2) is 18.2 Å². The number of aryl methyl sites for hydroxylation is 2. The maximum Gasteiger partial charge on any atom is 0.0237 e. The Bertz CT molecular complexity index is 419. The number of hydrogen-bond acceptors (Lipinski definition) is 2. The van der Waals surface area contributed by atoms with Gasteiger partial charge in [-0.2, -0.15) is 0 Å². The van der Waals surface area contributed by atoms with Gasteiger partial charge in [-0.1, -0.05) is 24.6 Å². The van der Waals surface area contributed by atoms with Crippen LogP contribution in [0, 0.1) is 13.8 Å². The molecule has 2 nitrogen and oxygen atoms in total. The third kappa shape index (κ3) is 4.32. The molecule has 1 aromatic carbocycles. The summed E-state index contributed by atoms with van der Waals surface area (Å²) in [4.78, 5) is 2.60. The standard InChI is InChI=1S/C18H30N2/c1-14(2)20(13-18-7-5-6-10-19-18)12-17-9-8-15(3)16(4)11-17/h8-9,11,14,18-19H,5-7,10,12-13H2,1-4H3. The first-order valence-electron chi connectivity index (χ1n) is 8.10. The SMILES string of the molecule is Cc1ccc(CN(CC2CCCCN2)C(C)C)cc1C. The van der Waals surface area contributed by atoms with Crippen molar-refractivity contribution in [2.24, 2.45) is 0 Å². The van der Waals surface area contributed by atoms with E-state index < -0.39 is 0 Å². The fourth-order valence-corrected chi connectivity index (χ4v) is 2.96. The summed E-state index contributed by atoms with van der Waals surface area (Å²) in [5.41, 5.74) is 4.23. The minimum absolute atomic E-state index is 0.598. The molecule has 1 aromatic rings. The molecule has 0 spiro atoms. The summed E-state index contributed by atoms with van der Waals surface area (Å²) in [6.45, 7) is 12.4. The maximum atomic E-state index is 3.67. The lowest BCUT2D eigenvalue weighted by molar-refractivity contribution is 0.177. The molecule has 1 fully saturated rings. The van der Waals surface area contributed by atoms with E-state index in [9.17, 15) is 0 Å². The highest BCUT2D eigenvalue weighted by atomic mass is 15.2. The van der Waals surface area contributed by atoms with Crippen LogP contribution in [0.3, 0.4) is 0 Å². The largest absolute Gasteiger partial charge is 0.313 e. The van der Waals surface area contributed by atoms with E-state index in [2.05, 4.69) is 56.1 Å². The monoisotopic (exact) mass is 274 g/mol. The second-order valence-corrected chi connectivity index (χ2v) is 6.59. The second-order valence-electron chi connectivity index (χ2n) is 6.59. The summed E-state index contributed by atoms with van der Waals surface area (Å²) >= 11 is 0. The Labute approximate surface area is 124 Å². The maximum absolute atomic E-state index is 3.67. The Balaban J connectivity index is 1.99. The predicted octanol–water partition coefficient (Wildman–Crippen LogP) is 3.66. The molecule has 0 radical (unpaired) electrons. The first-order valence-corrected chi connectivity index (χ1v) is 8.10. The van der Waals surface area contributed by atoms with Crippen LogP contribution >= 0.6 is 0 Å². The van der Waals surface area contributed by atoms with Gasteiger partial charge in [0.15, 0.2) is 0 Å². The van der Waals surface area contributed by atoms with E-state index in [4.69, 9.17) is 0 Å². The van der Waals surface area contributed by atoms with Gasteiger partial charge in [-0.15, -0.1) is 0 Å². The lowest BCUT2D eigenvalue weighted by atomic mass is 10.0. The van der Waals surface area contributed by atoms with Crippen LogP contribution in [0.1, 0.15) is 49.8 Å². The lowest BCUT2D eigenvalue weighted by Gasteiger charge is -2.33. The van der Waals surface area contributed by atoms with Crippen molar-refractivity contribution in [3.05, 3.63) is 34.9 Å². The third-order valence-corrected chi connectivity index (χ3v) is 4.55. The van der Waals surface area contributed by atoms with E-state index in [0.717, 1.165) is 6.54 Å². The van der Waals surface area contributed by atoms with E-state index in [1.54, 1.807) is 0 Å². The molecule has 0 saturated carbocycles. The third-order valence-electron chi connectivity index (χ3n) is 4.55. The molecule has 1 saturated heterocycles. The van der Waals surface area contributed by atoms with Crippen molar-refractivity contribution < 1.29 is 0 Å². The zero-order chi connectivity index (χ0) is 14.5. The quantitative estimate of drug-likeness (QED) is 0.881. The second kappa shape index (κ2) is 7.24. The first kappa shape index (κ1) is 15.5. The minimum Gasteiger partial charge on any atom is -0.313 e. The van der Waals surface area contributed by atoms with Crippen molar-refractivity contribution in [2.75, 3.05) is 13.1 Å². The molecule has 1 heterocycles. The van der Waals surface area contributed by atoms with Crippen molar-refractivity contribution in [2.45, 2.75) is 65.6 Å². The van der Waals surface area contributed by atoms with Crippen molar-refractivity contribution >= 4 is 0 Å². The molecule has 2 rings (SSSR count). The molecule has 0 bridgehead atoms. The lowest BCUT2D eigenvalue weighted by Crippen LogP contribution is -2.45. The summed E-state index contributed by atoms with van der Waals surface area (Å²) in [6, 6.07) is 8.16. The number of nitrogens with one attached hydrogen (secondary N) is 1. The van der Waals surface area contributed by atoms with E-state index in [1.807, 2.05) is 0 Å². The fraction of sp³-hybridized carbons (Fsp3) is 0.667. The van der Waals surface area contributed by atoms with Gasteiger partial charge in [0, 0.05) is 25.2 Å². The molecule has 2 heteroatoms. The Morgan fingerprint density at radius 2 is 2.00 bits per heavy atom. The molecular formula is C18H30N2.